The summed E-state index contributed by atoms with van der Waals surface area (Å²) in [6.07, 6.45) is 3.66. The van der Waals surface area contributed by atoms with E-state index in [1.165, 1.54) is 0 Å². The lowest BCUT2D eigenvalue weighted by atomic mass is 10.1. The molecule has 3 aromatic rings. The number of H-pyrrole nitrogens is 1. The maximum atomic E-state index is 12.0. The predicted molar refractivity (Wildman–Crippen MR) is 80.6 cm³/mol. The van der Waals surface area contributed by atoms with E-state index in [0.29, 0.717) is 12.2 Å². The third kappa shape index (κ3) is 2.86. The number of benzene rings is 1. The van der Waals surface area contributed by atoms with Gasteiger partial charge in [0.05, 0.1) is 5.69 Å². The van der Waals surface area contributed by atoms with Crippen LogP contribution in [0.25, 0.3) is 11.3 Å². The van der Waals surface area contributed by atoms with Crippen LogP contribution in [0.5, 0.6) is 0 Å². The highest BCUT2D eigenvalue weighted by molar-refractivity contribution is 5.92. The molecule has 0 aliphatic rings. The zero-order chi connectivity index (χ0) is 14.7. The summed E-state index contributed by atoms with van der Waals surface area (Å²) in [7, 11) is 1.88. The number of amides is 1. The summed E-state index contributed by atoms with van der Waals surface area (Å²) in [5, 5.41) is 7.38. The third-order valence-electron chi connectivity index (χ3n) is 3.23. The minimum Gasteiger partial charge on any atom is -0.357 e. The van der Waals surface area contributed by atoms with Gasteiger partial charge in [0.25, 0.3) is 5.91 Å². The Labute approximate surface area is 122 Å². The van der Waals surface area contributed by atoms with Crippen LogP contribution < -0.4 is 5.32 Å². The molecule has 0 bridgehead atoms. The minimum absolute atomic E-state index is 0.122. The molecule has 0 spiro atoms. The van der Waals surface area contributed by atoms with Gasteiger partial charge in [-0.25, -0.2) is 0 Å². The zero-order valence-corrected chi connectivity index (χ0v) is 11.7. The monoisotopic (exact) mass is 280 g/mol. The fourth-order valence-corrected chi connectivity index (χ4v) is 2.25. The highest BCUT2D eigenvalue weighted by atomic mass is 16.1. The standard InChI is InChI=1S/C16H16N4O/c1-20-11-13(10-18-16(21)14-8-5-9-17-14)15(19-20)12-6-3-2-4-7-12/h2-9,11,17H,10H2,1H3,(H,18,21). The topological polar surface area (TPSA) is 62.7 Å². The first-order valence-electron chi connectivity index (χ1n) is 6.73. The van der Waals surface area contributed by atoms with Crippen molar-refractivity contribution in [3.63, 3.8) is 0 Å². The Bertz CT molecular complexity index is 729. The van der Waals surface area contributed by atoms with E-state index in [4.69, 9.17) is 0 Å². The first kappa shape index (κ1) is 13.2. The number of hydrogen-bond acceptors (Lipinski definition) is 2. The predicted octanol–water partition coefficient (Wildman–Crippen LogP) is 2.35. The Morgan fingerprint density at radius 1 is 1.24 bits per heavy atom. The molecule has 1 aromatic carbocycles. The van der Waals surface area contributed by atoms with Crippen LogP contribution in [0.1, 0.15) is 16.1 Å². The molecular weight excluding hydrogens is 264 g/mol. The van der Waals surface area contributed by atoms with Crippen molar-refractivity contribution < 1.29 is 4.79 Å². The number of carbonyl (C=O) groups is 1. The molecule has 0 radical (unpaired) electrons. The largest absolute Gasteiger partial charge is 0.357 e. The normalized spacial score (nSPS) is 10.5. The van der Waals surface area contributed by atoms with Crippen molar-refractivity contribution in [2.45, 2.75) is 6.54 Å². The molecule has 0 unspecified atom stereocenters. The molecule has 2 heterocycles. The Balaban J connectivity index is 1.79. The van der Waals surface area contributed by atoms with Gasteiger partial charge in [0, 0.05) is 37.1 Å². The van der Waals surface area contributed by atoms with Gasteiger partial charge in [-0.15, -0.1) is 0 Å². The van der Waals surface area contributed by atoms with E-state index in [9.17, 15) is 4.79 Å². The van der Waals surface area contributed by atoms with Gasteiger partial charge in [0.2, 0.25) is 0 Å². The fourth-order valence-electron chi connectivity index (χ4n) is 2.25. The smallest absolute Gasteiger partial charge is 0.267 e. The Morgan fingerprint density at radius 2 is 2.05 bits per heavy atom. The molecule has 0 atom stereocenters. The molecule has 0 saturated heterocycles. The number of rotatable bonds is 4. The van der Waals surface area contributed by atoms with Crippen molar-refractivity contribution in [2.24, 2.45) is 7.05 Å². The van der Waals surface area contributed by atoms with Crippen LogP contribution >= 0.6 is 0 Å². The second-order valence-corrected chi connectivity index (χ2v) is 4.81. The number of carbonyl (C=O) groups excluding carboxylic acids is 1. The van der Waals surface area contributed by atoms with E-state index in [-0.39, 0.29) is 5.91 Å². The maximum absolute atomic E-state index is 12.0. The number of aromatic amines is 1. The Morgan fingerprint density at radius 3 is 2.76 bits per heavy atom. The number of nitrogens with zero attached hydrogens (tertiary/aromatic N) is 2. The molecule has 0 aliphatic carbocycles. The van der Waals surface area contributed by atoms with E-state index in [1.807, 2.05) is 43.6 Å². The maximum Gasteiger partial charge on any atom is 0.267 e. The number of aromatic nitrogens is 3. The molecule has 5 heteroatoms. The molecule has 0 aliphatic heterocycles. The summed E-state index contributed by atoms with van der Waals surface area (Å²) < 4.78 is 1.76. The summed E-state index contributed by atoms with van der Waals surface area (Å²) in [5.41, 5.74) is 3.48. The molecule has 21 heavy (non-hydrogen) atoms. The molecule has 1 amide bonds. The third-order valence-corrected chi connectivity index (χ3v) is 3.23. The lowest BCUT2D eigenvalue weighted by molar-refractivity contribution is 0.0946. The molecule has 5 nitrogen and oxygen atoms in total. The number of aryl methyl sites for hydroxylation is 1. The van der Waals surface area contributed by atoms with Crippen molar-refractivity contribution in [3.05, 3.63) is 66.1 Å². The Kier molecular flexibility index (Phi) is 3.55. The van der Waals surface area contributed by atoms with Crippen LogP contribution in [0.15, 0.2) is 54.9 Å². The van der Waals surface area contributed by atoms with Crippen LogP contribution in [0.3, 0.4) is 0 Å². The lowest BCUT2D eigenvalue weighted by Crippen LogP contribution is -2.23. The van der Waals surface area contributed by atoms with Crippen molar-refractivity contribution in [1.29, 1.82) is 0 Å². The van der Waals surface area contributed by atoms with Crippen molar-refractivity contribution in [1.82, 2.24) is 20.1 Å². The van der Waals surface area contributed by atoms with Crippen LogP contribution in [-0.2, 0) is 13.6 Å². The zero-order valence-electron chi connectivity index (χ0n) is 11.7. The first-order chi connectivity index (χ1) is 10.2. The lowest BCUT2D eigenvalue weighted by Gasteiger charge is -2.04. The van der Waals surface area contributed by atoms with Gasteiger partial charge < -0.3 is 10.3 Å². The second kappa shape index (κ2) is 5.66. The summed E-state index contributed by atoms with van der Waals surface area (Å²) in [6.45, 7) is 0.440. The number of nitrogens with one attached hydrogen (secondary N) is 2. The van der Waals surface area contributed by atoms with Gasteiger partial charge in [-0.05, 0) is 12.1 Å². The van der Waals surface area contributed by atoms with E-state index >= 15 is 0 Å². The van der Waals surface area contributed by atoms with Gasteiger partial charge in [0.1, 0.15) is 5.69 Å². The molecule has 0 saturated carbocycles. The minimum atomic E-state index is -0.122. The quantitative estimate of drug-likeness (QED) is 0.770. The highest BCUT2D eigenvalue weighted by Gasteiger charge is 2.12. The highest BCUT2D eigenvalue weighted by Crippen LogP contribution is 2.21. The number of hydrogen-bond donors (Lipinski definition) is 2. The van der Waals surface area contributed by atoms with E-state index in [1.54, 1.807) is 23.0 Å². The molecule has 2 N–H and O–H groups in total. The van der Waals surface area contributed by atoms with Crippen LogP contribution in [0.2, 0.25) is 0 Å². The van der Waals surface area contributed by atoms with Crippen molar-refractivity contribution >= 4 is 5.91 Å². The SMILES string of the molecule is Cn1cc(CNC(=O)c2ccc[nH]2)c(-c2ccccc2)n1. The average Bonchev–Trinajstić information content (AvgIpc) is 3.15. The molecule has 2 aromatic heterocycles. The van der Waals surface area contributed by atoms with E-state index < -0.39 is 0 Å². The summed E-state index contributed by atoms with van der Waals surface area (Å²) >= 11 is 0. The van der Waals surface area contributed by atoms with Gasteiger partial charge in [-0.3, -0.25) is 9.48 Å². The fraction of sp³-hybridized carbons (Fsp3) is 0.125. The van der Waals surface area contributed by atoms with Gasteiger partial charge in [-0.1, -0.05) is 30.3 Å². The molecule has 0 fully saturated rings. The summed E-state index contributed by atoms with van der Waals surface area (Å²) in [6, 6.07) is 13.5. The molecule has 3 rings (SSSR count). The summed E-state index contributed by atoms with van der Waals surface area (Å²) in [4.78, 5) is 14.9. The van der Waals surface area contributed by atoms with Crippen LogP contribution in [0, 0.1) is 0 Å². The molecular formula is C16H16N4O. The van der Waals surface area contributed by atoms with Crippen LogP contribution in [-0.4, -0.2) is 20.7 Å². The van der Waals surface area contributed by atoms with E-state index in [2.05, 4.69) is 15.4 Å². The second-order valence-electron chi connectivity index (χ2n) is 4.81. The first-order valence-corrected chi connectivity index (χ1v) is 6.73. The van der Waals surface area contributed by atoms with Crippen molar-refractivity contribution in [3.8, 4) is 11.3 Å². The average molecular weight is 280 g/mol. The molecule has 106 valence electrons. The van der Waals surface area contributed by atoms with Gasteiger partial charge in [0.15, 0.2) is 0 Å². The van der Waals surface area contributed by atoms with Crippen LogP contribution in [0.4, 0.5) is 0 Å². The van der Waals surface area contributed by atoms with Gasteiger partial charge >= 0.3 is 0 Å². The van der Waals surface area contributed by atoms with E-state index in [0.717, 1.165) is 16.8 Å². The summed E-state index contributed by atoms with van der Waals surface area (Å²) in [5.74, 6) is -0.122. The van der Waals surface area contributed by atoms with Crippen molar-refractivity contribution in [2.75, 3.05) is 0 Å². The Hall–Kier alpha value is -2.82. The van der Waals surface area contributed by atoms with Gasteiger partial charge in [-0.2, -0.15) is 5.10 Å².